The predicted molar refractivity (Wildman–Crippen MR) is 101 cm³/mol. The molecule has 0 aliphatic heterocycles. The van der Waals surface area contributed by atoms with Gasteiger partial charge in [-0.25, -0.2) is 4.99 Å². The predicted octanol–water partition coefficient (Wildman–Crippen LogP) is 4.75. The highest BCUT2D eigenvalue weighted by Gasteiger charge is 2.03. The second-order valence-electron chi connectivity index (χ2n) is 5.57. The van der Waals surface area contributed by atoms with Crippen molar-refractivity contribution in [1.29, 1.82) is 0 Å². The van der Waals surface area contributed by atoms with Crippen molar-refractivity contribution >= 4 is 46.4 Å². The number of nitrogens with one attached hydrogen (secondary N) is 1. The summed E-state index contributed by atoms with van der Waals surface area (Å²) < 4.78 is 0. The van der Waals surface area contributed by atoms with E-state index in [4.69, 9.17) is 0 Å². The molecule has 1 aromatic heterocycles. The van der Waals surface area contributed by atoms with Crippen molar-refractivity contribution in [1.82, 2.24) is 10.2 Å². The van der Waals surface area contributed by atoms with Gasteiger partial charge >= 0.3 is 0 Å². The number of aliphatic imine (C=N–C) groups is 1. The number of H-pyrrole nitrogens is 1. The van der Waals surface area contributed by atoms with Crippen LogP contribution in [0.1, 0.15) is 6.92 Å². The fourth-order valence-electron chi connectivity index (χ4n) is 2.20. The lowest BCUT2D eigenvalue weighted by atomic mass is 10.2. The third-order valence-corrected chi connectivity index (χ3v) is 3.85. The summed E-state index contributed by atoms with van der Waals surface area (Å²) in [6.07, 6.45) is 1.76. The van der Waals surface area contributed by atoms with E-state index in [2.05, 4.69) is 38.0 Å². The van der Waals surface area contributed by atoms with Gasteiger partial charge in [-0.15, -0.1) is 22.9 Å². The van der Waals surface area contributed by atoms with Gasteiger partial charge in [0, 0.05) is 30.1 Å². The van der Waals surface area contributed by atoms with Gasteiger partial charge in [-0.05, 0) is 43.3 Å². The zero-order valence-corrected chi connectivity index (χ0v) is 14.6. The molecular weight excluding hydrogens is 320 g/mol. The Kier molecular flexibility index (Phi) is 4.61. The number of anilines is 1. The van der Waals surface area contributed by atoms with Crippen molar-refractivity contribution in [3.63, 3.8) is 0 Å². The molecule has 0 saturated carbocycles. The van der Waals surface area contributed by atoms with Crippen LogP contribution in [0.5, 0.6) is 0 Å². The van der Waals surface area contributed by atoms with Gasteiger partial charge in [0.05, 0.1) is 23.1 Å². The number of fused-ring (bicyclic) bond motifs is 1. The van der Waals surface area contributed by atoms with Gasteiger partial charge in [-0.1, -0.05) is 0 Å². The summed E-state index contributed by atoms with van der Waals surface area (Å²) in [5, 5.41) is 16.3. The molecule has 7 heteroatoms. The number of amidine groups is 1. The average Bonchev–Trinajstić information content (AvgIpc) is 3.00. The fourth-order valence-corrected chi connectivity index (χ4v) is 2.46. The van der Waals surface area contributed by atoms with Crippen molar-refractivity contribution in [2.75, 3.05) is 19.0 Å². The third kappa shape index (κ3) is 3.62. The van der Waals surface area contributed by atoms with E-state index in [1.165, 1.54) is 0 Å². The molecule has 0 unspecified atom stereocenters. The van der Waals surface area contributed by atoms with Crippen LogP contribution in [-0.4, -0.2) is 30.1 Å². The van der Waals surface area contributed by atoms with Gasteiger partial charge < -0.3 is 4.90 Å². The maximum absolute atomic E-state index is 4.47. The molecule has 1 N–H and O–H groups in total. The molecule has 0 saturated heterocycles. The molecule has 0 spiro atoms. The maximum atomic E-state index is 4.47. The molecule has 0 amide bonds. The minimum absolute atomic E-state index is 0.556. The second kappa shape index (κ2) is 6.84. The highest BCUT2D eigenvalue weighted by molar-refractivity contribution is 7.80. The molecule has 0 aliphatic rings. The molecule has 0 atom stereocenters. The summed E-state index contributed by atoms with van der Waals surface area (Å²) in [6.45, 7) is 1.81. The number of hydrogen-bond donors (Lipinski definition) is 2. The molecule has 0 bridgehead atoms. The Morgan fingerprint density at radius 3 is 2.62 bits per heavy atom. The first-order valence-electron chi connectivity index (χ1n) is 7.43. The van der Waals surface area contributed by atoms with Crippen LogP contribution >= 0.6 is 12.6 Å². The molecule has 3 rings (SSSR count). The Morgan fingerprint density at radius 2 is 1.92 bits per heavy atom. The molecule has 0 radical (unpaired) electrons. The first-order valence-corrected chi connectivity index (χ1v) is 7.88. The molecular formula is C17H18N6S. The molecule has 24 heavy (non-hydrogen) atoms. The first-order chi connectivity index (χ1) is 11.5. The molecule has 0 aliphatic carbocycles. The minimum Gasteiger partial charge on any atom is -0.378 e. The van der Waals surface area contributed by atoms with E-state index in [0.29, 0.717) is 5.84 Å². The van der Waals surface area contributed by atoms with Crippen LogP contribution in [0.2, 0.25) is 0 Å². The fraction of sp³-hybridized carbons (Fsp3) is 0.176. The maximum Gasteiger partial charge on any atom is 0.148 e. The van der Waals surface area contributed by atoms with E-state index in [1.54, 1.807) is 6.20 Å². The van der Waals surface area contributed by atoms with E-state index in [0.717, 1.165) is 32.9 Å². The Labute approximate surface area is 145 Å². The molecule has 1 heterocycles. The van der Waals surface area contributed by atoms with Crippen molar-refractivity contribution in [2.24, 2.45) is 15.2 Å². The van der Waals surface area contributed by atoms with Crippen LogP contribution in [0.4, 0.5) is 17.1 Å². The summed E-state index contributed by atoms with van der Waals surface area (Å²) in [7, 11) is 4.00. The second-order valence-corrected chi connectivity index (χ2v) is 6.05. The normalized spacial score (nSPS) is 12.2. The van der Waals surface area contributed by atoms with E-state index >= 15 is 0 Å². The van der Waals surface area contributed by atoms with Crippen LogP contribution in [0, 0.1) is 0 Å². The first kappa shape index (κ1) is 16.2. The van der Waals surface area contributed by atoms with Crippen molar-refractivity contribution in [3.05, 3.63) is 42.6 Å². The van der Waals surface area contributed by atoms with Gasteiger partial charge in [0.1, 0.15) is 5.84 Å². The lowest BCUT2D eigenvalue weighted by molar-refractivity contribution is 1.12. The third-order valence-electron chi connectivity index (χ3n) is 3.49. The monoisotopic (exact) mass is 338 g/mol. The van der Waals surface area contributed by atoms with Crippen LogP contribution < -0.4 is 4.90 Å². The number of aromatic nitrogens is 2. The summed E-state index contributed by atoms with van der Waals surface area (Å²) in [5.74, 6) is 0.556. The van der Waals surface area contributed by atoms with Gasteiger partial charge in [0.25, 0.3) is 0 Å². The SMILES string of the molecule is CC(N=Nc1ccc(N(C)C)cc1)=Nc1cc2[nH]ncc2cc1S. The smallest absolute Gasteiger partial charge is 0.148 e. The number of nitrogens with zero attached hydrogens (tertiary/aromatic N) is 5. The van der Waals surface area contributed by atoms with Crippen molar-refractivity contribution in [2.45, 2.75) is 11.8 Å². The topological polar surface area (TPSA) is 69.0 Å². The van der Waals surface area contributed by atoms with Crippen LogP contribution in [-0.2, 0) is 0 Å². The summed E-state index contributed by atoms with van der Waals surface area (Å²) in [4.78, 5) is 7.28. The largest absolute Gasteiger partial charge is 0.378 e. The molecule has 0 fully saturated rings. The van der Waals surface area contributed by atoms with Gasteiger partial charge in [0.2, 0.25) is 0 Å². The zero-order valence-electron chi connectivity index (χ0n) is 13.7. The number of aromatic amines is 1. The lowest BCUT2D eigenvalue weighted by Crippen LogP contribution is -2.07. The zero-order chi connectivity index (χ0) is 17.1. The Hall–Kier alpha value is -2.67. The molecule has 122 valence electrons. The van der Waals surface area contributed by atoms with Crippen LogP contribution in [0.25, 0.3) is 10.9 Å². The molecule has 3 aromatic rings. The van der Waals surface area contributed by atoms with Gasteiger partial charge in [-0.3, -0.25) is 5.10 Å². The summed E-state index contributed by atoms with van der Waals surface area (Å²) in [6, 6.07) is 11.7. The number of benzene rings is 2. The van der Waals surface area contributed by atoms with Crippen LogP contribution in [0.15, 0.2) is 62.7 Å². The standard InChI is InChI=1S/C17H18N6S/c1-11(20-21-13-4-6-14(7-5-13)23(2)3)19-16-9-15-12(8-17(16)24)10-18-22-15/h4-10,24H,1-3H3,(H,18,22). The minimum atomic E-state index is 0.556. The van der Waals surface area contributed by atoms with Gasteiger partial charge in [-0.2, -0.15) is 5.10 Å². The number of azo groups is 1. The van der Waals surface area contributed by atoms with Crippen molar-refractivity contribution in [3.8, 4) is 0 Å². The quantitative estimate of drug-likeness (QED) is 0.313. The van der Waals surface area contributed by atoms with E-state index in [9.17, 15) is 0 Å². The Balaban J connectivity index is 1.80. The van der Waals surface area contributed by atoms with Gasteiger partial charge in [0.15, 0.2) is 0 Å². The summed E-state index contributed by atoms with van der Waals surface area (Å²) >= 11 is 4.47. The van der Waals surface area contributed by atoms with E-state index in [1.807, 2.05) is 62.3 Å². The number of thiol groups is 1. The highest BCUT2D eigenvalue weighted by atomic mass is 32.1. The van der Waals surface area contributed by atoms with E-state index < -0.39 is 0 Å². The molecule has 6 nitrogen and oxygen atoms in total. The van der Waals surface area contributed by atoms with E-state index in [-0.39, 0.29) is 0 Å². The number of rotatable bonds is 3. The Bertz CT molecular complexity index is 908. The van der Waals surface area contributed by atoms with Crippen LogP contribution in [0.3, 0.4) is 0 Å². The van der Waals surface area contributed by atoms with Crippen molar-refractivity contribution < 1.29 is 0 Å². The average molecular weight is 338 g/mol. The molecule has 2 aromatic carbocycles. The Morgan fingerprint density at radius 1 is 1.17 bits per heavy atom. The highest BCUT2D eigenvalue weighted by Crippen LogP contribution is 2.28. The number of hydrogen-bond acceptors (Lipinski definition) is 5. The lowest BCUT2D eigenvalue weighted by Gasteiger charge is -2.11. The summed E-state index contributed by atoms with van der Waals surface area (Å²) in [5.41, 5.74) is 3.54.